The van der Waals surface area contributed by atoms with Crippen LogP contribution < -0.4 is 10.1 Å². The quantitative estimate of drug-likeness (QED) is 0.420. The van der Waals surface area contributed by atoms with Crippen molar-refractivity contribution in [2.75, 3.05) is 25.6 Å². The van der Waals surface area contributed by atoms with E-state index < -0.39 is 22.9 Å². The Labute approximate surface area is 206 Å². The fraction of sp³-hybridized carbons (Fsp3) is 0.440. The predicted octanol–water partition coefficient (Wildman–Crippen LogP) is 5.44. The van der Waals surface area contributed by atoms with Gasteiger partial charge >= 0.3 is 5.92 Å². The van der Waals surface area contributed by atoms with Crippen LogP contribution >= 0.6 is 11.8 Å². The highest BCUT2D eigenvalue weighted by molar-refractivity contribution is 8.00. The number of anilines is 1. The van der Waals surface area contributed by atoms with Gasteiger partial charge in [-0.3, -0.25) is 0 Å². The Hall–Kier alpha value is -2.56. The molecule has 1 fully saturated rings. The summed E-state index contributed by atoms with van der Waals surface area (Å²) >= 11 is 1.65. The first-order valence-corrected chi connectivity index (χ1v) is 12.1. The van der Waals surface area contributed by atoms with Crippen molar-refractivity contribution < 1.29 is 27.8 Å². The van der Waals surface area contributed by atoms with Crippen LogP contribution in [-0.4, -0.2) is 46.2 Å². The van der Waals surface area contributed by atoms with Crippen molar-refractivity contribution in [2.24, 2.45) is 0 Å². The van der Waals surface area contributed by atoms with Crippen molar-refractivity contribution in [1.82, 2.24) is 9.97 Å². The molecule has 1 aliphatic rings. The number of halogens is 3. The Bertz CT molecular complexity index is 1230. The minimum atomic E-state index is -3.77. The van der Waals surface area contributed by atoms with Crippen LogP contribution in [0.2, 0.25) is 0 Å². The molecular formula is C25H28F3N3O3S. The summed E-state index contributed by atoms with van der Waals surface area (Å²) in [4.78, 5) is 9.88. The van der Waals surface area contributed by atoms with Crippen molar-refractivity contribution in [2.45, 2.75) is 55.4 Å². The molecule has 1 aromatic heterocycles. The summed E-state index contributed by atoms with van der Waals surface area (Å²) in [6, 6.07) is 7.52. The summed E-state index contributed by atoms with van der Waals surface area (Å²) in [6.07, 6.45) is 0.937. The van der Waals surface area contributed by atoms with Gasteiger partial charge in [-0.1, -0.05) is 12.1 Å². The highest BCUT2D eigenvalue weighted by Gasteiger charge is 2.49. The summed E-state index contributed by atoms with van der Waals surface area (Å²) in [7, 11) is 1.60. The number of methoxy groups -OCH3 is 1. The molecule has 4 rings (SSSR count). The smallest absolute Gasteiger partial charge is 0.303 e. The third-order valence-electron chi connectivity index (χ3n) is 5.91. The molecule has 3 aromatic rings. The van der Waals surface area contributed by atoms with Crippen LogP contribution in [0.5, 0.6) is 5.75 Å². The second kappa shape index (κ2) is 9.83. The molecule has 6 nitrogen and oxygen atoms in total. The Morgan fingerprint density at radius 3 is 2.69 bits per heavy atom. The van der Waals surface area contributed by atoms with Crippen LogP contribution in [0.4, 0.5) is 19.0 Å². The van der Waals surface area contributed by atoms with E-state index in [1.807, 2.05) is 12.1 Å². The zero-order chi connectivity index (χ0) is 25.4. The van der Waals surface area contributed by atoms with Crippen LogP contribution in [0.25, 0.3) is 10.9 Å². The lowest BCUT2D eigenvalue weighted by molar-refractivity contribution is -0.170. The third-order valence-corrected chi connectivity index (χ3v) is 7.18. The van der Waals surface area contributed by atoms with Crippen LogP contribution in [0, 0.1) is 12.7 Å². The average Bonchev–Trinajstić information content (AvgIpc) is 3.30. The normalized spacial score (nSPS) is 16.6. The number of nitrogens with one attached hydrogen (secondary N) is 1. The van der Waals surface area contributed by atoms with E-state index in [0.717, 1.165) is 37.8 Å². The van der Waals surface area contributed by atoms with E-state index in [1.54, 1.807) is 25.8 Å². The molecule has 0 saturated carbocycles. The summed E-state index contributed by atoms with van der Waals surface area (Å²) in [5, 5.41) is 14.0. The van der Waals surface area contributed by atoms with Crippen molar-refractivity contribution >= 4 is 28.5 Å². The van der Waals surface area contributed by atoms with Crippen molar-refractivity contribution in [3.05, 3.63) is 53.1 Å². The first-order chi connectivity index (χ1) is 16.5. The molecule has 0 amide bonds. The highest BCUT2D eigenvalue weighted by Crippen LogP contribution is 2.41. The van der Waals surface area contributed by atoms with E-state index in [1.165, 1.54) is 12.1 Å². The fourth-order valence-corrected chi connectivity index (χ4v) is 5.07. The van der Waals surface area contributed by atoms with Gasteiger partial charge in [0.15, 0.2) is 0 Å². The molecular weight excluding hydrogens is 479 g/mol. The molecule has 2 heterocycles. The average molecular weight is 508 g/mol. The van der Waals surface area contributed by atoms with Crippen molar-refractivity contribution in [3.63, 3.8) is 0 Å². The molecule has 0 unspecified atom stereocenters. The molecule has 2 N–H and O–H groups in total. The molecule has 0 radical (unpaired) electrons. The SMILES string of the molecule is COc1cc2nc(C)nc(NCc3cccc(C(F)(F)C(C)(C)O)c3F)c2cc1S[C@H]1CCOC1. The van der Waals surface area contributed by atoms with Crippen molar-refractivity contribution in [1.29, 1.82) is 0 Å². The first-order valence-electron chi connectivity index (χ1n) is 11.2. The minimum absolute atomic E-state index is 0.0297. The summed E-state index contributed by atoms with van der Waals surface area (Å²) in [5.41, 5.74) is -2.60. The van der Waals surface area contributed by atoms with E-state index in [9.17, 15) is 13.9 Å². The van der Waals surface area contributed by atoms with Gasteiger partial charge < -0.3 is 19.9 Å². The van der Waals surface area contributed by atoms with E-state index in [4.69, 9.17) is 9.47 Å². The molecule has 0 aliphatic carbocycles. The number of aliphatic hydroxyl groups is 1. The lowest BCUT2D eigenvalue weighted by Crippen LogP contribution is -2.41. The van der Waals surface area contributed by atoms with Gasteiger partial charge in [0, 0.05) is 35.4 Å². The highest BCUT2D eigenvalue weighted by atomic mass is 32.2. The minimum Gasteiger partial charge on any atom is -0.496 e. The van der Waals surface area contributed by atoms with Gasteiger partial charge in [0.2, 0.25) is 0 Å². The number of hydrogen-bond donors (Lipinski definition) is 2. The molecule has 1 atom stereocenters. The zero-order valence-corrected chi connectivity index (χ0v) is 20.8. The van der Waals surface area contributed by atoms with Gasteiger partial charge in [-0.05, 0) is 39.3 Å². The Morgan fingerprint density at radius 1 is 1.26 bits per heavy atom. The molecule has 35 heavy (non-hydrogen) atoms. The standard InChI is InChI=1S/C25H28F3N3O3S/c1-14-30-19-11-20(33-4)21(35-16-8-9-34-13-16)10-17(19)23(31-14)29-12-15-6-5-7-18(22(15)26)25(27,28)24(2,3)32/h5-7,10-11,16,32H,8-9,12-13H2,1-4H3,(H,29,30,31)/t16-/m0/s1. The molecule has 1 aliphatic heterocycles. The Morgan fingerprint density at radius 2 is 2.03 bits per heavy atom. The van der Waals surface area contributed by atoms with Gasteiger partial charge in [-0.15, -0.1) is 11.8 Å². The monoisotopic (exact) mass is 507 g/mol. The zero-order valence-electron chi connectivity index (χ0n) is 20.0. The summed E-state index contributed by atoms with van der Waals surface area (Å²) in [6.45, 7) is 4.94. The third kappa shape index (κ3) is 5.19. The Balaban J connectivity index is 1.67. The Kier molecular flexibility index (Phi) is 7.17. The van der Waals surface area contributed by atoms with Gasteiger partial charge in [-0.2, -0.15) is 8.78 Å². The van der Waals surface area contributed by atoms with Crippen LogP contribution in [0.15, 0.2) is 35.2 Å². The molecule has 188 valence electrons. The van der Waals surface area contributed by atoms with E-state index in [-0.39, 0.29) is 12.1 Å². The maximum Gasteiger partial charge on any atom is 0.303 e. The molecule has 10 heteroatoms. The van der Waals surface area contributed by atoms with Gasteiger partial charge in [0.05, 0.1) is 29.7 Å². The number of fused-ring (bicyclic) bond motifs is 1. The lowest BCUT2D eigenvalue weighted by Gasteiger charge is -2.30. The number of aromatic nitrogens is 2. The number of benzene rings is 2. The number of ether oxygens (including phenoxy) is 2. The number of nitrogens with zero attached hydrogens (tertiary/aromatic N) is 2. The van der Waals surface area contributed by atoms with Crippen molar-refractivity contribution in [3.8, 4) is 5.75 Å². The molecule has 2 aromatic carbocycles. The summed E-state index contributed by atoms with van der Waals surface area (Å²) < 4.78 is 55.5. The molecule has 1 saturated heterocycles. The maximum atomic E-state index is 15.1. The van der Waals surface area contributed by atoms with E-state index in [0.29, 0.717) is 40.2 Å². The van der Waals surface area contributed by atoms with Gasteiger partial charge in [0.25, 0.3) is 0 Å². The molecule has 0 bridgehead atoms. The summed E-state index contributed by atoms with van der Waals surface area (Å²) in [5.74, 6) is -3.20. The first kappa shape index (κ1) is 25.5. The second-order valence-corrected chi connectivity index (χ2v) is 10.4. The number of hydrogen-bond acceptors (Lipinski definition) is 7. The van der Waals surface area contributed by atoms with Crippen LogP contribution in [0.3, 0.4) is 0 Å². The topological polar surface area (TPSA) is 76.5 Å². The van der Waals surface area contributed by atoms with E-state index >= 15 is 4.39 Å². The number of rotatable bonds is 8. The van der Waals surface area contributed by atoms with Crippen LogP contribution in [0.1, 0.15) is 37.2 Å². The lowest BCUT2D eigenvalue weighted by atomic mass is 9.92. The number of aryl methyl sites for hydroxylation is 1. The fourth-order valence-electron chi connectivity index (χ4n) is 3.89. The number of thioether (sulfide) groups is 1. The van der Waals surface area contributed by atoms with E-state index in [2.05, 4.69) is 15.3 Å². The second-order valence-electron chi connectivity index (χ2n) is 9.01. The number of alkyl halides is 2. The molecule has 0 spiro atoms. The van der Waals surface area contributed by atoms with Gasteiger partial charge in [-0.25, -0.2) is 14.4 Å². The van der Waals surface area contributed by atoms with Crippen LogP contribution in [-0.2, 0) is 17.2 Å². The predicted molar refractivity (Wildman–Crippen MR) is 130 cm³/mol. The largest absolute Gasteiger partial charge is 0.496 e. The maximum absolute atomic E-state index is 15.1. The van der Waals surface area contributed by atoms with Gasteiger partial charge in [0.1, 0.15) is 28.8 Å².